The van der Waals surface area contributed by atoms with Crippen molar-refractivity contribution in [3.05, 3.63) is 53.2 Å². The fourth-order valence-corrected chi connectivity index (χ4v) is 3.82. The van der Waals surface area contributed by atoms with Crippen molar-refractivity contribution in [1.29, 1.82) is 0 Å². The van der Waals surface area contributed by atoms with E-state index in [1.807, 2.05) is 50.4 Å². The Bertz CT molecular complexity index is 1060. The fraction of sp³-hybridized carbons (Fsp3) is 0.348. The van der Waals surface area contributed by atoms with Gasteiger partial charge in [0.05, 0.1) is 17.7 Å². The van der Waals surface area contributed by atoms with Gasteiger partial charge in [-0.15, -0.1) is 11.3 Å². The number of hydrogen-bond donors (Lipinski definition) is 3. The first-order chi connectivity index (χ1) is 14.4. The number of amides is 1. The molecule has 0 radical (unpaired) electrons. The minimum atomic E-state index is -0.517. The number of nitrogens with zero attached hydrogens (tertiary/aromatic N) is 2. The van der Waals surface area contributed by atoms with E-state index in [2.05, 4.69) is 20.6 Å². The molecule has 0 atom stereocenters. The lowest BCUT2D eigenvalue weighted by Crippen LogP contribution is -2.35. The van der Waals surface area contributed by atoms with Crippen LogP contribution in [0.5, 0.6) is 0 Å². The smallest absolute Gasteiger partial charge is 0.251 e. The van der Waals surface area contributed by atoms with Gasteiger partial charge in [0.25, 0.3) is 5.91 Å². The number of nitrogens with one attached hydrogen (secondary N) is 2. The molecule has 7 heteroatoms. The third-order valence-corrected chi connectivity index (χ3v) is 5.93. The van der Waals surface area contributed by atoms with Crippen LogP contribution in [-0.4, -0.2) is 39.2 Å². The molecule has 4 rings (SSSR count). The Labute approximate surface area is 180 Å². The molecule has 1 aliphatic carbocycles. The van der Waals surface area contributed by atoms with Crippen molar-refractivity contribution in [1.82, 2.24) is 15.3 Å². The second kappa shape index (κ2) is 8.16. The van der Waals surface area contributed by atoms with E-state index in [-0.39, 0.29) is 12.5 Å². The quantitative estimate of drug-likeness (QED) is 0.530. The first-order valence-corrected chi connectivity index (χ1v) is 10.9. The predicted molar refractivity (Wildman–Crippen MR) is 121 cm³/mol. The van der Waals surface area contributed by atoms with Crippen LogP contribution in [0.3, 0.4) is 0 Å². The molecule has 156 valence electrons. The minimum absolute atomic E-state index is 0.0228. The molecule has 1 fully saturated rings. The van der Waals surface area contributed by atoms with Crippen molar-refractivity contribution in [2.75, 3.05) is 11.9 Å². The molecule has 2 aromatic heterocycles. The molecule has 3 N–H and O–H groups in total. The number of rotatable bonds is 7. The first-order valence-electron chi connectivity index (χ1n) is 10.1. The van der Waals surface area contributed by atoms with Crippen molar-refractivity contribution in [3.63, 3.8) is 0 Å². The standard InChI is InChI=1S/C23H26N4O2S/c1-14-4-5-15(21(29)26-17-6-7-17)10-18(14)16-11-19(22-24-8-9-30-22)20(25-12-16)27-23(2,3)13-28/h4-5,8-12,17,28H,6-7,13H2,1-3H3,(H,25,27)(H,26,29). The van der Waals surface area contributed by atoms with Crippen LogP contribution >= 0.6 is 11.3 Å². The Balaban J connectivity index is 1.74. The van der Waals surface area contributed by atoms with Crippen LogP contribution in [0.25, 0.3) is 21.7 Å². The molecule has 1 saturated carbocycles. The van der Waals surface area contributed by atoms with Crippen LogP contribution in [0, 0.1) is 6.92 Å². The zero-order valence-corrected chi connectivity index (χ0v) is 18.2. The number of pyridine rings is 1. The number of thiazole rings is 1. The maximum Gasteiger partial charge on any atom is 0.251 e. The largest absolute Gasteiger partial charge is 0.394 e. The highest BCUT2D eigenvalue weighted by Gasteiger charge is 2.24. The minimum Gasteiger partial charge on any atom is -0.394 e. The Morgan fingerprint density at radius 3 is 2.70 bits per heavy atom. The van der Waals surface area contributed by atoms with E-state index >= 15 is 0 Å². The lowest BCUT2D eigenvalue weighted by molar-refractivity contribution is 0.0951. The number of carbonyl (C=O) groups excluding carboxylic acids is 1. The summed E-state index contributed by atoms with van der Waals surface area (Å²) in [6.45, 7) is 5.84. The molecule has 0 unspecified atom stereocenters. The zero-order chi connectivity index (χ0) is 21.3. The summed E-state index contributed by atoms with van der Waals surface area (Å²) >= 11 is 1.54. The molecular formula is C23H26N4O2S. The molecule has 1 aromatic carbocycles. The number of carbonyl (C=O) groups is 1. The first kappa shape index (κ1) is 20.5. The average Bonchev–Trinajstić information content (AvgIpc) is 3.37. The third-order valence-electron chi connectivity index (χ3n) is 5.13. The monoisotopic (exact) mass is 422 g/mol. The van der Waals surface area contributed by atoms with Crippen molar-refractivity contribution in [3.8, 4) is 21.7 Å². The predicted octanol–water partition coefficient (Wildman–Crippen LogP) is 4.26. The maximum absolute atomic E-state index is 12.5. The average molecular weight is 423 g/mol. The summed E-state index contributed by atoms with van der Waals surface area (Å²) in [6.07, 6.45) is 5.69. The van der Waals surface area contributed by atoms with Gasteiger partial charge in [-0.3, -0.25) is 4.79 Å². The van der Waals surface area contributed by atoms with Crippen LogP contribution in [-0.2, 0) is 0 Å². The summed E-state index contributed by atoms with van der Waals surface area (Å²) in [7, 11) is 0. The van der Waals surface area contributed by atoms with E-state index < -0.39 is 5.54 Å². The van der Waals surface area contributed by atoms with Crippen molar-refractivity contribution in [2.45, 2.75) is 45.2 Å². The van der Waals surface area contributed by atoms with Gasteiger partial charge in [0, 0.05) is 34.9 Å². The highest BCUT2D eigenvalue weighted by Crippen LogP contribution is 2.35. The zero-order valence-electron chi connectivity index (χ0n) is 17.4. The molecule has 0 aliphatic heterocycles. The molecule has 2 heterocycles. The number of anilines is 1. The van der Waals surface area contributed by atoms with E-state index in [1.54, 1.807) is 12.4 Å². The summed E-state index contributed by atoms with van der Waals surface area (Å²) in [5, 5.41) is 18.8. The molecular weight excluding hydrogens is 396 g/mol. The molecule has 0 saturated heterocycles. The molecule has 1 aliphatic rings. The molecule has 0 spiro atoms. The van der Waals surface area contributed by atoms with E-state index in [9.17, 15) is 9.90 Å². The second-order valence-corrected chi connectivity index (χ2v) is 9.30. The highest BCUT2D eigenvalue weighted by atomic mass is 32.1. The molecule has 0 bridgehead atoms. The van der Waals surface area contributed by atoms with Crippen LogP contribution in [0.4, 0.5) is 5.82 Å². The topological polar surface area (TPSA) is 87.1 Å². The van der Waals surface area contributed by atoms with E-state index in [0.29, 0.717) is 17.4 Å². The highest BCUT2D eigenvalue weighted by molar-refractivity contribution is 7.13. The van der Waals surface area contributed by atoms with Gasteiger partial charge in [-0.1, -0.05) is 6.07 Å². The van der Waals surface area contributed by atoms with Crippen LogP contribution < -0.4 is 10.6 Å². The summed E-state index contributed by atoms with van der Waals surface area (Å²) in [5.74, 6) is 0.642. The van der Waals surface area contributed by atoms with Crippen molar-refractivity contribution in [2.24, 2.45) is 0 Å². The van der Waals surface area contributed by atoms with Gasteiger partial charge in [0.2, 0.25) is 0 Å². The van der Waals surface area contributed by atoms with Gasteiger partial charge in [-0.05, 0) is 62.9 Å². The number of aliphatic hydroxyl groups excluding tert-OH is 1. The Morgan fingerprint density at radius 1 is 1.23 bits per heavy atom. The number of aromatic nitrogens is 2. The fourth-order valence-electron chi connectivity index (χ4n) is 3.16. The van der Waals surface area contributed by atoms with Crippen LogP contribution in [0.2, 0.25) is 0 Å². The lowest BCUT2D eigenvalue weighted by atomic mass is 9.97. The molecule has 3 aromatic rings. The third kappa shape index (κ3) is 4.52. The van der Waals surface area contributed by atoms with Crippen LogP contribution in [0.15, 0.2) is 42.0 Å². The second-order valence-electron chi connectivity index (χ2n) is 8.40. The van der Waals surface area contributed by atoms with Crippen molar-refractivity contribution >= 4 is 23.1 Å². The summed E-state index contributed by atoms with van der Waals surface area (Å²) in [6, 6.07) is 8.14. The Kier molecular flexibility index (Phi) is 5.58. The summed E-state index contributed by atoms with van der Waals surface area (Å²) < 4.78 is 0. The Morgan fingerprint density at radius 2 is 2.03 bits per heavy atom. The van der Waals surface area contributed by atoms with Gasteiger partial charge in [-0.25, -0.2) is 9.97 Å². The van der Waals surface area contributed by atoms with Gasteiger partial charge < -0.3 is 15.7 Å². The maximum atomic E-state index is 12.5. The lowest BCUT2D eigenvalue weighted by Gasteiger charge is -2.25. The van der Waals surface area contributed by atoms with E-state index in [4.69, 9.17) is 0 Å². The SMILES string of the molecule is Cc1ccc(C(=O)NC2CC2)cc1-c1cnc(NC(C)(C)CO)c(-c2nccs2)c1. The molecule has 6 nitrogen and oxygen atoms in total. The van der Waals surface area contributed by atoms with E-state index in [1.165, 1.54) is 11.3 Å². The molecule has 30 heavy (non-hydrogen) atoms. The van der Waals surface area contributed by atoms with Gasteiger partial charge in [-0.2, -0.15) is 0 Å². The number of aliphatic hydroxyl groups is 1. The molecule has 1 amide bonds. The Hall–Kier alpha value is -2.77. The normalized spacial score (nSPS) is 13.9. The van der Waals surface area contributed by atoms with Crippen molar-refractivity contribution < 1.29 is 9.90 Å². The number of aryl methyl sites for hydroxylation is 1. The summed E-state index contributed by atoms with van der Waals surface area (Å²) in [5.41, 5.74) is 3.97. The van der Waals surface area contributed by atoms with Gasteiger partial charge >= 0.3 is 0 Å². The summed E-state index contributed by atoms with van der Waals surface area (Å²) in [4.78, 5) is 21.6. The number of hydrogen-bond acceptors (Lipinski definition) is 6. The number of benzene rings is 1. The van der Waals surface area contributed by atoms with Gasteiger partial charge in [0.15, 0.2) is 0 Å². The van der Waals surface area contributed by atoms with Gasteiger partial charge in [0.1, 0.15) is 10.8 Å². The van der Waals surface area contributed by atoms with E-state index in [0.717, 1.165) is 40.1 Å². The van der Waals surface area contributed by atoms with Crippen LogP contribution in [0.1, 0.15) is 42.6 Å².